The number of aldehydes is 1. The Bertz CT molecular complexity index is 524. The predicted octanol–water partition coefficient (Wildman–Crippen LogP) is 1.09. The van der Waals surface area contributed by atoms with Gasteiger partial charge in [-0.25, -0.2) is 0 Å². The Morgan fingerprint density at radius 3 is 2.89 bits per heavy atom. The van der Waals surface area contributed by atoms with Crippen LogP contribution in [0.1, 0.15) is 29.9 Å². The van der Waals surface area contributed by atoms with Crippen LogP contribution in [0.4, 0.5) is 0 Å². The SMILES string of the molecule is Cc1c(OCC=O)cccc1C1CCC(=O)NC1=O. The topological polar surface area (TPSA) is 72.5 Å². The van der Waals surface area contributed by atoms with E-state index in [1.54, 1.807) is 12.1 Å². The summed E-state index contributed by atoms with van der Waals surface area (Å²) in [6.45, 7) is 1.83. The second-order valence-electron chi connectivity index (χ2n) is 4.45. The molecule has 1 aromatic carbocycles. The van der Waals surface area contributed by atoms with Crippen molar-refractivity contribution in [2.45, 2.75) is 25.7 Å². The summed E-state index contributed by atoms with van der Waals surface area (Å²) in [5.41, 5.74) is 1.67. The molecular weight excluding hydrogens is 246 g/mol. The van der Waals surface area contributed by atoms with Crippen LogP contribution >= 0.6 is 0 Å². The number of hydrogen-bond acceptors (Lipinski definition) is 4. The third-order valence-electron chi connectivity index (χ3n) is 3.25. The van der Waals surface area contributed by atoms with Crippen LogP contribution in [0.25, 0.3) is 0 Å². The van der Waals surface area contributed by atoms with Gasteiger partial charge in [0.2, 0.25) is 11.8 Å². The Kier molecular flexibility index (Phi) is 3.94. The number of amides is 2. The van der Waals surface area contributed by atoms with Crippen molar-refractivity contribution in [3.05, 3.63) is 29.3 Å². The van der Waals surface area contributed by atoms with E-state index in [2.05, 4.69) is 5.32 Å². The maximum atomic E-state index is 11.9. The molecule has 2 amide bonds. The van der Waals surface area contributed by atoms with Crippen molar-refractivity contribution in [1.29, 1.82) is 0 Å². The van der Waals surface area contributed by atoms with Gasteiger partial charge in [0.1, 0.15) is 12.4 Å². The van der Waals surface area contributed by atoms with E-state index in [0.29, 0.717) is 24.9 Å². The highest BCUT2D eigenvalue weighted by atomic mass is 16.5. The Labute approximate surface area is 110 Å². The summed E-state index contributed by atoms with van der Waals surface area (Å²) in [7, 11) is 0. The minimum Gasteiger partial charge on any atom is -0.486 e. The molecule has 1 saturated heterocycles. The molecule has 1 atom stereocenters. The molecule has 1 aromatic rings. The molecule has 0 aliphatic carbocycles. The highest BCUT2D eigenvalue weighted by molar-refractivity contribution is 6.01. The number of ether oxygens (including phenoxy) is 1. The lowest BCUT2D eigenvalue weighted by Gasteiger charge is -2.23. The molecule has 5 heteroatoms. The molecule has 100 valence electrons. The highest BCUT2D eigenvalue weighted by Crippen LogP contribution is 2.31. The molecule has 2 rings (SSSR count). The quantitative estimate of drug-likeness (QED) is 0.650. The molecule has 0 saturated carbocycles. The molecule has 19 heavy (non-hydrogen) atoms. The average molecular weight is 261 g/mol. The smallest absolute Gasteiger partial charge is 0.234 e. The molecule has 0 aromatic heterocycles. The Hall–Kier alpha value is -2.17. The standard InChI is InChI=1S/C14H15NO4/c1-9-10(3-2-4-12(9)19-8-7-16)11-5-6-13(17)15-14(11)18/h2-4,7,11H,5-6,8H2,1H3,(H,15,17,18). The zero-order chi connectivity index (χ0) is 13.8. The van der Waals surface area contributed by atoms with E-state index in [0.717, 1.165) is 11.1 Å². The maximum absolute atomic E-state index is 11.9. The average Bonchev–Trinajstić information content (AvgIpc) is 2.38. The van der Waals surface area contributed by atoms with Crippen LogP contribution in [0.2, 0.25) is 0 Å². The van der Waals surface area contributed by atoms with Crippen LogP contribution in [0.3, 0.4) is 0 Å². The van der Waals surface area contributed by atoms with Gasteiger partial charge >= 0.3 is 0 Å². The maximum Gasteiger partial charge on any atom is 0.234 e. The first kappa shape index (κ1) is 13.3. The van der Waals surface area contributed by atoms with Crippen molar-refractivity contribution in [3.63, 3.8) is 0 Å². The first-order chi connectivity index (χ1) is 9.13. The summed E-state index contributed by atoms with van der Waals surface area (Å²) in [4.78, 5) is 33.3. The van der Waals surface area contributed by atoms with Crippen molar-refractivity contribution in [3.8, 4) is 5.75 Å². The Balaban J connectivity index is 2.27. The van der Waals surface area contributed by atoms with Crippen LogP contribution in [0, 0.1) is 6.92 Å². The van der Waals surface area contributed by atoms with Gasteiger partial charge in [-0.2, -0.15) is 0 Å². The second kappa shape index (κ2) is 5.65. The van der Waals surface area contributed by atoms with E-state index >= 15 is 0 Å². The van der Waals surface area contributed by atoms with Gasteiger partial charge in [0.05, 0.1) is 5.92 Å². The molecule has 0 radical (unpaired) electrons. The second-order valence-corrected chi connectivity index (χ2v) is 4.45. The van der Waals surface area contributed by atoms with Crippen molar-refractivity contribution in [2.75, 3.05) is 6.61 Å². The van der Waals surface area contributed by atoms with E-state index < -0.39 is 0 Å². The van der Waals surface area contributed by atoms with Crippen LogP contribution in [-0.2, 0) is 14.4 Å². The van der Waals surface area contributed by atoms with E-state index in [1.165, 1.54) is 0 Å². The minimum absolute atomic E-state index is 0.0142. The summed E-state index contributed by atoms with van der Waals surface area (Å²) in [6, 6.07) is 5.39. The zero-order valence-electron chi connectivity index (χ0n) is 10.6. The van der Waals surface area contributed by atoms with Gasteiger partial charge in [0.15, 0.2) is 6.29 Å². The molecule has 5 nitrogen and oxygen atoms in total. The van der Waals surface area contributed by atoms with E-state index in [-0.39, 0.29) is 24.3 Å². The number of nitrogens with one attached hydrogen (secondary N) is 1. The fraction of sp³-hybridized carbons (Fsp3) is 0.357. The minimum atomic E-state index is -0.336. The number of piperidine rings is 1. The van der Waals surface area contributed by atoms with Gasteiger partial charge < -0.3 is 4.74 Å². The fourth-order valence-corrected chi connectivity index (χ4v) is 2.28. The first-order valence-electron chi connectivity index (χ1n) is 6.13. The van der Waals surface area contributed by atoms with Crippen molar-refractivity contribution >= 4 is 18.1 Å². The van der Waals surface area contributed by atoms with Crippen LogP contribution in [-0.4, -0.2) is 24.7 Å². The van der Waals surface area contributed by atoms with Crippen LogP contribution < -0.4 is 10.1 Å². The number of hydrogen-bond donors (Lipinski definition) is 1. The van der Waals surface area contributed by atoms with Gasteiger partial charge in [-0.3, -0.25) is 19.7 Å². The van der Waals surface area contributed by atoms with Crippen molar-refractivity contribution in [2.24, 2.45) is 0 Å². The lowest BCUT2D eigenvalue weighted by Crippen LogP contribution is -2.39. The summed E-state index contributed by atoms with van der Waals surface area (Å²) < 4.78 is 5.31. The third-order valence-corrected chi connectivity index (χ3v) is 3.25. The number of benzene rings is 1. The molecule has 0 bridgehead atoms. The van der Waals surface area contributed by atoms with Crippen molar-refractivity contribution < 1.29 is 19.1 Å². The Morgan fingerprint density at radius 2 is 2.21 bits per heavy atom. The number of carbonyl (C=O) groups excluding carboxylic acids is 3. The summed E-state index contributed by atoms with van der Waals surface area (Å²) in [5.74, 6) is -0.245. The van der Waals surface area contributed by atoms with Gasteiger partial charge in [-0.15, -0.1) is 0 Å². The number of carbonyl (C=O) groups is 3. The number of rotatable bonds is 4. The number of imide groups is 1. The molecule has 1 unspecified atom stereocenters. The molecule has 1 aliphatic heterocycles. The normalized spacial score (nSPS) is 18.9. The summed E-state index contributed by atoms with van der Waals surface area (Å²) in [5, 5.41) is 2.34. The molecule has 1 fully saturated rings. The lowest BCUT2D eigenvalue weighted by atomic mass is 9.87. The monoisotopic (exact) mass is 261 g/mol. The fourth-order valence-electron chi connectivity index (χ4n) is 2.28. The molecule has 1 heterocycles. The largest absolute Gasteiger partial charge is 0.486 e. The van der Waals surface area contributed by atoms with E-state index in [9.17, 15) is 14.4 Å². The van der Waals surface area contributed by atoms with Gasteiger partial charge in [0.25, 0.3) is 0 Å². The van der Waals surface area contributed by atoms with Gasteiger partial charge in [-0.05, 0) is 30.5 Å². The predicted molar refractivity (Wildman–Crippen MR) is 67.9 cm³/mol. The zero-order valence-corrected chi connectivity index (χ0v) is 10.6. The molecular formula is C14H15NO4. The molecule has 1 N–H and O–H groups in total. The Morgan fingerprint density at radius 1 is 1.42 bits per heavy atom. The summed E-state index contributed by atoms with van der Waals surface area (Å²) >= 11 is 0. The highest BCUT2D eigenvalue weighted by Gasteiger charge is 2.29. The van der Waals surface area contributed by atoms with E-state index in [1.807, 2.05) is 13.0 Å². The molecule has 1 aliphatic rings. The summed E-state index contributed by atoms with van der Waals surface area (Å²) in [6.07, 6.45) is 1.52. The van der Waals surface area contributed by atoms with Gasteiger partial charge in [-0.1, -0.05) is 12.1 Å². The molecule has 0 spiro atoms. The lowest BCUT2D eigenvalue weighted by molar-refractivity contribution is -0.134. The first-order valence-corrected chi connectivity index (χ1v) is 6.13. The third kappa shape index (κ3) is 2.81. The van der Waals surface area contributed by atoms with Gasteiger partial charge in [0, 0.05) is 6.42 Å². The van der Waals surface area contributed by atoms with Crippen LogP contribution in [0.15, 0.2) is 18.2 Å². The van der Waals surface area contributed by atoms with Crippen molar-refractivity contribution in [1.82, 2.24) is 5.32 Å². The van der Waals surface area contributed by atoms with E-state index in [4.69, 9.17) is 4.74 Å². The van der Waals surface area contributed by atoms with Crippen LogP contribution in [0.5, 0.6) is 5.75 Å².